The van der Waals surface area contributed by atoms with Crippen LogP contribution in [0.5, 0.6) is 0 Å². The Labute approximate surface area is 175 Å². The predicted octanol–water partition coefficient (Wildman–Crippen LogP) is 3.39. The molecule has 1 aliphatic carbocycles. The number of alkyl halides is 3. The van der Waals surface area contributed by atoms with Crippen LogP contribution in [-0.2, 0) is 31.8 Å². The lowest BCUT2D eigenvalue weighted by Crippen LogP contribution is -2.69. The van der Waals surface area contributed by atoms with E-state index in [1.54, 1.807) is 5.32 Å². The predicted molar refractivity (Wildman–Crippen MR) is 101 cm³/mol. The molecular weight excluding hydrogens is 429 g/mol. The minimum absolute atomic E-state index is 0.0826. The van der Waals surface area contributed by atoms with Crippen molar-refractivity contribution in [3.05, 3.63) is 16.0 Å². The van der Waals surface area contributed by atoms with Crippen molar-refractivity contribution in [2.45, 2.75) is 51.4 Å². The van der Waals surface area contributed by atoms with E-state index in [9.17, 15) is 27.6 Å². The smallest absolute Gasteiger partial charge is 0.442 e. The van der Waals surface area contributed by atoms with Gasteiger partial charge in [-0.1, -0.05) is 0 Å². The zero-order valence-corrected chi connectivity index (χ0v) is 17.6. The summed E-state index contributed by atoms with van der Waals surface area (Å²) in [6.45, 7) is 2.14. The number of hydrogen-bond donors (Lipinski definition) is 2. The minimum Gasteiger partial charge on any atom is -0.465 e. The number of fused-ring (bicyclic) bond motifs is 1. The van der Waals surface area contributed by atoms with E-state index in [0.29, 0.717) is 18.4 Å². The van der Waals surface area contributed by atoms with E-state index in [-0.39, 0.29) is 23.8 Å². The highest BCUT2D eigenvalue weighted by Gasteiger charge is 2.64. The molecule has 8 nitrogen and oxygen atoms in total. The second kappa shape index (κ2) is 9.54. The van der Waals surface area contributed by atoms with Crippen LogP contribution in [0.15, 0.2) is 0 Å². The van der Waals surface area contributed by atoms with Crippen molar-refractivity contribution in [3.8, 4) is 0 Å². The summed E-state index contributed by atoms with van der Waals surface area (Å²) in [6.07, 6.45) is -4.16. The van der Waals surface area contributed by atoms with Crippen LogP contribution in [0.2, 0.25) is 0 Å². The van der Waals surface area contributed by atoms with E-state index in [0.717, 1.165) is 36.2 Å². The van der Waals surface area contributed by atoms with Gasteiger partial charge in [-0.25, -0.2) is 14.4 Å². The van der Waals surface area contributed by atoms with E-state index in [1.807, 2.05) is 0 Å². The Balaban J connectivity index is 2.62. The van der Waals surface area contributed by atoms with Gasteiger partial charge in [0.25, 0.3) is 0 Å². The minimum atomic E-state index is -5.33. The zero-order chi connectivity index (χ0) is 22.5. The molecule has 1 aromatic heterocycles. The Hall–Kier alpha value is -2.50. The van der Waals surface area contributed by atoms with Crippen LogP contribution >= 0.6 is 11.3 Å². The first kappa shape index (κ1) is 23.8. The number of thiophene rings is 1. The van der Waals surface area contributed by atoms with E-state index < -0.39 is 29.9 Å². The Morgan fingerprint density at radius 2 is 1.70 bits per heavy atom. The maximum Gasteiger partial charge on any atom is 0.442 e. The molecule has 0 bridgehead atoms. The molecule has 0 aliphatic heterocycles. The second-order valence-electron chi connectivity index (χ2n) is 6.35. The van der Waals surface area contributed by atoms with Crippen molar-refractivity contribution in [1.29, 1.82) is 0 Å². The van der Waals surface area contributed by atoms with Crippen LogP contribution in [0.1, 0.15) is 47.5 Å². The number of aryl methyl sites for hydroxylation is 1. The summed E-state index contributed by atoms with van der Waals surface area (Å²) in [6, 6.07) is 0. The topological polar surface area (TPSA) is 103 Å². The number of amides is 1. The third-order valence-electron chi connectivity index (χ3n) is 4.43. The fraction of sp³-hybridized carbons (Fsp3) is 0.611. The van der Waals surface area contributed by atoms with Crippen molar-refractivity contribution >= 4 is 34.4 Å². The summed E-state index contributed by atoms with van der Waals surface area (Å²) in [5, 5.41) is 3.37. The average Bonchev–Trinajstić information content (AvgIpc) is 3.04. The molecule has 30 heavy (non-hydrogen) atoms. The number of esters is 2. The molecule has 0 spiro atoms. The van der Waals surface area contributed by atoms with Gasteiger partial charge in [0.15, 0.2) is 0 Å². The third-order valence-corrected chi connectivity index (χ3v) is 5.64. The Morgan fingerprint density at radius 1 is 1.07 bits per heavy atom. The Kier molecular flexibility index (Phi) is 7.56. The number of ether oxygens (including phenoxy) is 3. The number of carbonyl (C=O) groups excluding carboxylic acids is 3. The third kappa shape index (κ3) is 4.63. The van der Waals surface area contributed by atoms with Gasteiger partial charge in [0, 0.05) is 4.88 Å². The molecule has 0 saturated heterocycles. The molecule has 2 N–H and O–H groups in total. The SMILES string of the molecule is CCOC(=O)N[C@](Nc1sc2c(c1C(=O)OC)CCCC2)(C(=O)OCC)C(F)(F)F. The molecule has 12 heteroatoms. The van der Waals surface area contributed by atoms with Gasteiger partial charge in [-0.3, -0.25) is 5.32 Å². The highest BCUT2D eigenvalue weighted by molar-refractivity contribution is 7.16. The fourth-order valence-corrected chi connectivity index (χ4v) is 4.43. The van der Waals surface area contributed by atoms with Crippen molar-refractivity contribution in [1.82, 2.24) is 5.32 Å². The fourth-order valence-electron chi connectivity index (χ4n) is 3.09. The van der Waals surface area contributed by atoms with Crippen molar-refractivity contribution in [2.75, 3.05) is 25.6 Å². The maximum atomic E-state index is 14.2. The summed E-state index contributed by atoms with van der Waals surface area (Å²) in [5.74, 6) is -2.62. The van der Waals surface area contributed by atoms with E-state index >= 15 is 0 Å². The number of rotatable bonds is 7. The van der Waals surface area contributed by atoms with E-state index in [4.69, 9.17) is 4.74 Å². The first-order chi connectivity index (χ1) is 14.1. The molecule has 0 aromatic carbocycles. The van der Waals surface area contributed by atoms with Gasteiger partial charge in [0.2, 0.25) is 0 Å². The lowest BCUT2D eigenvalue weighted by atomic mass is 9.95. The van der Waals surface area contributed by atoms with Crippen LogP contribution in [0, 0.1) is 0 Å². The quantitative estimate of drug-likeness (QED) is 0.371. The van der Waals surface area contributed by atoms with Crippen molar-refractivity contribution in [3.63, 3.8) is 0 Å². The van der Waals surface area contributed by atoms with Crippen LogP contribution in [0.25, 0.3) is 0 Å². The number of hydrogen-bond acceptors (Lipinski definition) is 8. The molecule has 0 fully saturated rings. The Bertz CT molecular complexity index is 811. The molecule has 1 aliphatic rings. The highest BCUT2D eigenvalue weighted by Crippen LogP contribution is 2.42. The van der Waals surface area contributed by atoms with Gasteiger partial charge in [0.1, 0.15) is 5.00 Å². The standard InChI is InChI=1S/C18H23F3N2O6S/c1-4-28-15(25)17(18(19,20)21,23-16(26)29-5-2)22-13-12(14(24)27-3)10-8-6-7-9-11(10)30-13/h22H,4-9H2,1-3H3,(H,23,26)/t17-/m1/s1. The molecule has 2 rings (SSSR count). The monoisotopic (exact) mass is 452 g/mol. The van der Waals surface area contributed by atoms with Gasteiger partial charge in [-0.05, 0) is 45.1 Å². The van der Waals surface area contributed by atoms with Crippen LogP contribution in [0.4, 0.5) is 23.0 Å². The van der Waals surface area contributed by atoms with Crippen LogP contribution in [0.3, 0.4) is 0 Å². The van der Waals surface area contributed by atoms with E-state index in [2.05, 4.69) is 14.8 Å². The number of nitrogens with one attached hydrogen (secondary N) is 2. The molecule has 0 unspecified atom stereocenters. The summed E-state index contributed by atoms with van der Waals surface area (Å²) in [4.78, 5) is 37.4. The number of methoxy groups -OCH3 is 1. The Morgan fingerprint density at radius 3 is 2.27 bits per heavy atom. The van der Waals surface area contributed by atoms with Crippen molar-refractivity contribution < 1.29 is 41.8 Å². The van der Waals surface area contributed by atoms with E-state index in [1.165, 1.54) is 13.8 Å². The molecular formula is C18H23F3N2O6S. The van der Waals surface area contributed by atoms with Crippen LogP contribution < -0.4 is 10.6 Å². The number of halogens is 3. The second-order valence-corrected chi connectivity index (χ2v) is 7.45. The van der Waals surface area contributed by atoms with Crippen molar-refractivity contribution in [2.24, 2.45) is 0 Å². The van der Waals surface area contributed by atoms with Gasteiger partial charge >= 0.3 is 29.9 Å². The first-order valence-electron chi connectivity index (χ1n) is 9.31. The zero-order valence-electron chi connectivity index (χ0n) is 16.7. The van der Waals surface area contributed by atoms with Gasteiger partial charge in [-0.15, -0.1) is 11.3 Å². The number of alkyl carbamates (subject to hydrolysis) is 1. The normalized spacial score (nSPS) is 15.4. The molecule has 168 valence electrons. The largest absolute Gasteiger partial charge is 0.465 e. The molecule has 0 radical (unpaired) electrons. The highest BCUT2D eigenvalue weighted by atomic mass is 32.1. The molecule has 0 saturated carbocycles. The average molecular weight is 452 g/mol. The summed E-state index contributed by atoms with van der Waals surface area (Å²) in [7, 11) is 1.11. The number of carbonyl (C=O) groups is 3. The molecule has 1 heterocycles. The molecule has 1 atom stereocenters. The maximum absolute atomic E-state index is 14.2. The summed E-state index contributed by atoms with van der Waals surface area (Å²) >= 11 is 0.913. The molecule has 1 amide bonds. The van der Waals surface area contributed by atoms with Gasteiger partial charge in [0.05, 0.1) is 25.9 Å². The summed E-state index contributed by atoms with van der Waals surface area (Å²) in [5.41, 5.74) is -3.16. The summed E-state index contributed by atoms with van der Waals surface area (Å²) < 4.78 is 56.5. The van der Waals surface area contributed by atoms with Gasteiger partial charge < -0.3 is 19.5 Å². The molecule has 1 aromatic rings. The first-order valence-corrected chi connectivity index (χ1v) is 10.1. The van der Waals surface area contributed by atoms with Gasteiger partial charge in [-0.2, -0.15) is 13.2 Å². The lowest BCUT2D eigenvalue weighted by molar-refractivity contribution is -0.205. The lowest BCUT2D eigenvalue weighted by Gasteiger charge is -2.34. The van der Waals surface area contributed by atoms with Crippen LogP contribution in [-0.4, -0.2) is 50.2 Å². The number of anilines is 1.